The van der Waals surface area contributed by atoms with Crippen LogP contribution in [-0.2, 0) is 23.9 Å². The van der Waals surface area contributed by atoms with Crippen LogP contribution in [0.4, 0.5) is 0 Å². The molecule has 13 heavy (non-hydrogen) atoms. The first-order chi connectivity index (χ1) is 6.06. The molecule has 0 aliphatic rings. The number of Topliss-reactive ketones (excluding diaryl/α,β-unsaturated/α-hetero) is 1. The maximum atomic E-state index is 10.8. The van der Waals surface area contributed by atoms with Gasteiger partial charge in [0, 0.05) is 6.42 Å². The van der Waals surface area contributed by atoms with E-state index in [1.807, 2.05) is 0 Å². The number of ether oxygens (including phenoxy) is 2. The molecule has 0 spiro atoms. The molecule has 0 aromatic heterocycles. The van der Waals surface area contributed by atoms with Crippen LogP contribution in [0.15, 0.2) is 0 Å². The smallest absolute Gasteiger partial charge is 0.344 e. The van der Waals surface area contributed by atoms with Gasteiger partial charge in [0.2, 0.25) is 0 Å². The summed E-state index contributed by atoms with van der Waals surface area (Å²) in [5, 5.41) is 0. The standard InChI is InChI=1S/C8H12O5/c1-6(9)3-4-7(10)13-5-8(11)12-2/h3-5H2,1-2H3. The molecule has 0 amide bonds. The van der Waals surface area contributed by atoms with E-state index in [1.54, 1.807) is 0 Å². The molecule has 0 heterocycles. The molecule has 0 saturated heterocycles. The average molecular weight is 188 g/mol. The highest BCUT2D eigenvalue weighted by Crippen LogP contribution is 1.93. The fourth-order valence-electron chi connectivity index (χ4n) is 0.549. The van der Waals surface area contributed by atoms with Crippen LogP contribution in [0.2, 0.25) is 0 Å². The fraction of sp³-hybridized carbons (Fsp3) is 0.625. The second-order valence-corrected chi connectivity index (χ2v) is 2.44. The highest BCUT2D eigenvalue weighted by molar-refractivity contribution is 5.82. The Hall–Kier alpha value is -1.39. The molecule has 0 fully saturated rings. The zero-order chi connectivity index (χ0) is 10.3. The van der Waals surface area contributed by atoms with E-state index in [-0.39, 0.29) is 18.6 Å². The van der Waals surface area contributed by atoms with Gasteiger partial charge in [-0.1, -0.05) is 0 Å². The Balaban J connectivity index is 3.52. The number of ketones is 1. The first-order valence-electron chi connectivity index (χ1n) is 3.78. The largest absolute Gasteiger partial charge is 0.466 e. The minimum absolute atomic E-state index is 0.00628. The number of hydrogen-bond donors (Lipinski definition) is 0. The van der Waals surface area contributed by atoms with E-state index in [2.05, 4.69) is 9.47 Å². The highest BCUT2D eigenvalue weighted by Gasteiger charge is 2.07. The number of esters is 2. The summed E-state index contributed by atoms with van der Waals surface area (Å²) < 4.78 is 8.72. The number of rotatable bonds is 5. The van der Waals surface area contributed by atoms with Crippen LogP contribution >= 0.6 is 0 Å². The van der Waals surface area contributed by atoms with Crippen molar-refractivity contribution in [3.8, 4) is 0 Å². The molecule has 0 unspecified atom stereocenters. The van der Waals surface area contributed by atoms with Gasteiger partial charge in [-0.3, -0.25) is 4.79 Å². The van der Waals surface area contributed by atoms with Gasteiger partial charge in [-0.25, -0.2) is 4.79 Å². The molecule has 0 aromatic rings. The molecular weight excluding hydrogens is 176 g/mol. The monoisotopic (exact) mass is 188 g/mol. The lowest BCUT2D eigenvalue weighted by Crippen LogP contribution is -2.15. The Labute approximate surface area is 76.0 Å². The molecule has 5 heteroatoms. The van der Waals surface area contributed by atoms with Crippen molar-refractivity contribution in [1.29, 1.82) is 0 Å². The lowest BCUT2D eigenvalue weighted by molar-refractivity contribution is -0.157. The predicted molar refractivity (Wildman–Crippen MR) is 42.9 cm³/mol. The number of carbonyl (C=O) groups excluding carboxylic acids is 3. The number of hydrogen-bond acceptors (Lipinski definition) is 5. The van der Waals surface area contributed by atoms with Gasteiger partial charge >= 0.3 is 11.9 Å². The zero-order valence-corrected chi connectivity index (χ0v) is 7.66. The van der Waals surface area contributed by atoms with Gasteiger partial charge in [-0.05, 0) is 6.92 Å². The van der Waals surface area contributed by atoms with Gasteiger partial charge in [-0.2, -0.15) is 0 Å². The van der Waals surface area contributed by atoms with Gasteiger partial charge in [0.15, 0.2) is 6.61 Å². The van der Waals surface area contributed by atoms with Gasteiger partial charge in [0.1, 0.15) is 5.78 Å². The quantitative estimate of drug-likeness (QED) is 0.571. The number of methoxy groups -OCH3 is 1. The number of carbonyl (C=O) groups is 3. The third-order valence-corrected chi connectivity index (χ3v) is 1.26. The first-order valence-corrected chi connectivity index (χ1v) is 3.78. The van der Waals surface area contributed by atoms with Crippen LogP contribution in [0.25, 0.3) is 0 Å². The summed E-state index contributed by atoms with van der Waals surface area (Å²) in [6, 6.07) is 0. The van der Waals surface area contributed by atoms with Gasteiger partial charge in [0.25, 0.3) is 0 Å². The summed E-state index contributed by atoms with van der Waals surface area (Å²) in [5.74, 6) is -1.27. The second kappa shape index (κ2) is 6.16. The second-order valence-electron chi connectivity index (χ2n) is 2.44. The molecular formula is C8H12O5. The SMILES string of the molecule is COC(=O)COC(=O)CCC(C)=O. The van der Waals surface area contributed by atoms with Crippen molar-refractivity contribution in [3.05, 3.63) is 0 Å². The highest BCUT2D eigenvalue weighted by atomic mass is 16.6. The van der Waals surface area contributed by atoms with Crippen molar-refractivity contribution in [3.63, 3.8) is 0 Å². The van der Waals surface area contributed by atoms with Gasteiger partial charge in [0.05, 0.1) is 13.5 Å². The molecule has 0 aliphatic carbocycles. The van der Waals surface area contributed by atoms with Crippen molar-refractivity contribution in [2.24, 2.45) is 0 Å². The van der Waals surface area contributed by atoms with E-state index in [0.29, 0.717) is 0 Å². The average Bonchev–Trinajstić information content (AvgIpc) is 2.10. The van der Waals surface area contributed by atoms with Crippen LogP contribution in [0.1, 0.15) is 19.8 Å². The summed E-state index contributed by atoms with van der Waals surface area (Å²) >= 11 is 0. The predicted octanol–water partition coefficient (Wildman–Crippen LogP) is 0.0718. The molecule has 0 rings (SSSR count). The Morgan fingerprint density at radius 2 is 1.69 bits per heavy atom. The van der Waals surface area contributed by atoms with Gasteiger partial charge < -0.3 is 14.3 Å². The molecule has 74 valence electrons. The third-order valence-electron chi connectivity index (χ3n) is 1.26. The molecule has 0 atom stereocenters. The van der Waals surface area contributed by atoms with Crippen molar-refractivity contribution in [1.82, 2.24) is 0 Å². The van der Waals surface area contributed by atoms with Crippen molar-refractivity contribution < 1.29 is 23.9 Å². The van der Waals surface area contributed by atoms with Crippen molar-refractivity contribution in [2.45, 2.75) is 19.8 Å². The van der Waals surface area contributed by atoms with E-state index in [4.69, 9.17) is 0 Å². The van der Waals surface area contributed by atoms with Crippen molar-refractivity contribution >= 4 is 17.7 Å². The van der Waals surface area contributed by atoms with Crippen LogP contribution in [-0.4, -0.2) is 31.4 Å². The lowest BCUT2D eigenvalue weighted by Gasteiger charge is -2.01. The molecule has 5 nitrogen and oxygen atoms in total. The maximum Gasteiger partial charge on any atom is 0.344 e. The van der Waals surface area contributed by atoms with Crippen LogP contribution in [0.3, 0.4) is 0 Å². The minimum Gasteiger partial charge on any atom is -0.466 e. The summed E-state index contributed by atoms with van der Waals surface area (Å²) in [6.45, 7) is 0.987. The van der Waals surface area contributed by atoms with Gasteiger partial charge in [-0.15, -0.1) is 0 Å². The van der Waals surface area contributed by atoms with Crippen molar-refractivity contribution in [2.75, 3.05) is 13.7 Å². The first kappa shape index (κ1) is 11.6. The fourth-order valence-corrected chi connectivity index (χ4v) is 0.549. The van der Waals surface area contributed by atoms with Crippen LogP contribution in [0, 0.1) is 0 Å². The topological polar surface area (TPSA) is 69.7 Å². The van der Waals surface area contributed by atoms with E-state index < -0.39 is 18.5 Å². The zero-order valence-electron chi connectivity index (χ0n) is 7.66. The Morgan fingerprint density at radius 1 is 1.08 bits per heavy atom. The molecule has 0 N–H and O–H groups in total. The van der Waals surface area contributed by atoms with E-state index in [9.17, 15) is 14.4 Å². The Bertz CT molecular complexity index is 209. The summed E-state index contributed by atoms with van der Waals surface area (Å²) in [4.78, 5) is 31.7. The van der Waals surface area contributed by atoms with Crippen LogP contribution < -0.4 is 0 Å². The third kappa shape index (κ3) is 6.99. The normalized spacial score (nSPS) is 9.08. The van der Waals surface area contributed by atoms with Crippen LogP contribution in [0.5, 0.6) is 0 Å². The maximum absolute atomic E-state index is 10.8. The molecule has 0 aliphatic heterocycles. The molecule has 0 radical (unpaired) electrons. The van der Waals surface area contributed by atoms with E-state index in [1.165, 1.54) is 14.0 Å². The summed E-state index contributed by atoms with van der Waals surface area (Å²) in [7, 11) is 1.20. The minimum atomic E-state index is -0.615. The molecule has 0 saturated carbocycles. The summed E-state index contributed by atoms with van der Waals surface area (Å²) in [6.07, 6.45) is 0.145. The Morgan fingerprint density at radius 3 is 2.15 bits per heavy atom. The van der Waals surface area contributed by atoms with E-state index >= 15 is 0 Å². The molecule has 0 bridgehead atoms. The van der Waals surface area contributed by atoms with E-state index in [0.717, 1.165) is 0 Å². The molecule has 0 aromatic carbocycles. The Kier molecular flexibility index (Phi) is 5.50. The lowest BCUT2D eigenvalue weighted by atomic mass is 10.2. The summed E-state index contributed by atoms with van der Waals surface area (Å²) in [5.41, 5.74) is 0.